The minimum Gasteiger partial charge on any atom is -0.495 e. The molecule has 2 nitrogen and oxygen atoms in total. The number of rotatable bonds is 3. The Balaban J connectivity index is 3.38. The monoisotopic (exact) mass is 234 g/mol. The lowest BCUT2D eigenvalue weighted by Crippen LogP contribution is -2.01. The van der Waals surface area contributed by atoms with E-state index < -0.39 is 12.2 Å². The number of Topliss-reactive ketones (excluding diaryl/α,β-unsaturated/α-hetero) is 1. The number of hydrogen-bond acceptors (Lipinski definition) is 2. The minimum absolute atomic E-state index is 0.0733. The molecule has 82 valence electrons. The molecule has 1 rings (SSSR count). The molecule has 0 saturated heterocycles. The summed E-state index contributed by atoms with van der Waals surface area (Å²) in [5.74, 6) is -0.313. The standard InChI is InChI=1S/C10H9ClF2O2/c1-5(14)6-3-8(11)9(15-2)4-7(6)10(12)13/h3-4,10H,1-2H3. The number of hydrogen-bond donors (Lipinski definition) is 0. The molecule has 0 unspecified atom stereocenters. The van der Waals surface area contributed by atoms with Crippen LogP contribution in [0.1, 0.15) is 29.3 Å². The first-order chi connectivity index (χ1) is 6.97. The minimum atomic E-state index is -2.73. The molecule has 0 fully saturated rings. The summed E-state index contributed by atoms with van der Waals surface area (Å²) in [4.78, 5) is 11.1. The second kappa shape index (κ2) is 4.57. The van der Waals surface area contributed by atoms with Gasteiger partial charge in [-0.2, -0.15) is 0 Å². The molecule has 0 aliphatic heterocycles. The van der Waals surface area contributed by atoms with Crippen LogP contribution in [0.5, 0.6) is 5.75 Å². The van der Waals surface area contributed by atoms with E-state index in [1.165, 1.54) is 20.1 Å². The zero-order chi connectivity index (χ0) is 11.6. The van der Waals surface area contributed by atoms with E-state index in [1.54, 1.807) is 0 Å². The van der Waals surface area contributed by atoms with Crippen molar-refractivity contribution in [3.8, 4) is 5.75 Å². The highest BCUT2D eigenvalue weighted by molar-refractivity contribution is 6.32. The smallest absolute Gasteiger partial charge is 0.264 e. The lowest BCUT2D eigenvalue weighted by Gasteiger charge is -2.10. The Morgan fingerprint density at radius 2 is 2.07 bits per heavy atom. The Hall–Kier alpha value is -1.16. The van der Waals surface area contributed by atoms with Gasteiger partial charge in [-0.05, 0) is 19.1 Å². The quantitative estimate of drug-likeness (QED) is 0.749. The van der Waals surface area contributed by atoms with Crippen LogP contribution in [0.3, 0.4) is 0 Å². The largest absolute Gasteiger partial charge is 0.495 e. The van der Waals surface area contributed by atoms with Crippen molar-refractivity contribution in [2.24, 2.45) is 0 Å². The Labute approximate surface area is 90.8 Å². The maximum atomic E-state index is 12.6. The van der Waals surface area contributed by atoms with Crippen molar-refractivity contribution in [1.29, 1.82) is 0 Å². The van der Waals surface area contributed by atoms with Crippen LogP contribution in [0.2, 0.25) is 5.02 Å². The van der Waals surface area contributed by atoms with E-state index in [4.69, 9.17) is 16.3 Å². The van der Waals surface area contributed by atoms with Crippen LogP contribution >= 0.6 is 11.6 Å². The number of halogens is 3. The van der Waals surface area contributed by atoms with E-state index in [0.717, 1.165) is 6.07 Å². The molecule has 1 aromatic carbocycles. The van der Waals surface area contributed by atoms with Gasteiger partial charge in [0, 0.05) is 11.1 Å². The summed E-state index contributed by atoms with van der Waals surface area (Å²) < 4.78 is 30.0. The highest BCUT2D eigenvalue weighted by Gasteiger charge is 2.19. The van der Waals surface area contributed by atoms with Crippen LogP contribution in [0.25, 0.3) is 0 Å². The van der Waals surface area contributed by atoms with Crippen LogP contribution in [-0.2, 0) is 0 Å². The molecule has 0 atom stereocenters. The molecule has 0 aliphatic rings. The molecule has 0 N–H and O–H groups in total. The van der Waals surface area contributed by atoms with Gasteiger partial charge in [-0.1, -0.05) is 11.6 Å². The predicted octanol–water partition coefficient (Wildman–Crippen LogP) is 3.49. The Bertz CT molecular complexity index is 391. The molecular weight excluding hydrogens is 226 g/mol. The molecular formula is C10H9ClF2O2. The Morgan fingerprint density at radius 3 is 2.47 bits per heavy atom. The highest BCUT2D eigenvalue weighted by Crippen LogP contribution is 2.33. The summed E-state index contributed by atoms with van der Waals surface area (Å²) in [5, 5.41) is 0.145. The van der Waals surface area contributed by atoms with Crippen molar-refractivity contribution >= 4 is 17.4 Å². The molecule has 0 radical (unpaired) electrons. The fourth-order valence-corrected chi connectivity index (χ4v) is 1.45. The molecule has 0 heterocycles. The van der Waals surface area contributed by atoms with Gasteiger partial charge in [0.05, 0.1) is 12.1 Å². The number of carbonyl (C=O) groups is 1. The first-order valence-electron chi connectivity index (χ1n) is 4.14. The number of ketones is 1. The van der Waals surface area contributed by atoms with E-state index in [9.17, 15) is 13.6 Å². The summed E-state index contributed by atoms with van der Waals surface area (Å²) in [6.45, 7) is 1.21. The van der Waals surface area contributed by atoms with Gasteiger partial charge in [0.2, 0.25) is 0 Å². The number of ether oxygens (including phenoxy) is 1. The lowest BCUT2D eigenvalue weighted by molar-refractivity contribution is 0.0999. The maximum absolute atomic E-state index is 12.6. The Kier molecular flexibility index (Phi) is 3.63. The molecule has 15 heavy (non-hydrogen) atoms. The van der Waals surface area contributed by atoms with E-state index in [0.29, 0.717) is 0 Å². The highest BCUT2D eigenvalue weighted by atomic mass is 35.5. The maximum Gasteiger partial charge on any atom is 0.264 e. The van der Waals surface area contributed by atoms with Crippen molar-refractivity contribution in [2.75, 3.05) is 7.11 Å². The van der Waals surface area contributed by atoms with Crippen LogP contribution in [0, 0.1) is 0 Å². The molecule has 0 amide bonds. The van der Waals surface area contributed by atoms with Crippen molar-refractivity contribution < 1.29 is 18.3 Å². The number of alkyl halides is 2. The zero-order valence-corrected chi connectivity index (χ0v) is 8.94. The van der Waals surface area contributed by atoms with Gasteiger partial charge < -0.3 is 4.74 Å². The van der Waals surface area contributed by atoms with Crippen LogP contribution < -0.4 is 4.74 Å². The molecule has 0 spiro atoms. The van der Waals surface area contributed by atoms with Gasteiger partial charge in [0.1, 0.15) is 5.75 Å². The van der Waals surface area contributed by atoms with Gasteiger partial charge in [-0.3, -0.25) is 4.79 Å². The van der Waals surface area contributed by atoms with Crippen molar-refractivity contribution in [3.63, 3.8) is 0 Å². The van der Waals surface area contributed by atoms with Gasteiger partial charge in [0.15, 0.2) is 5.78 Å². The number of methoxy groups -OCH3 is 1. The van der Waals surface area contributed by atoms with Crippen molar-refractivity contribution in [1.82, 2.24) is 0 Å². The fourth-order valence-electron chi connectivity index (χ4n) is 1.21. The number of carbonyl (C=O) groups excluding carboxylic acids is 1. The van der Waals surface area contributed by atoms with Gasteiger partial charge in [-0.15, -0.1) is 0 Å². The molecule has 0 bridgehead atoms. The third-order valence-corrected chi connectivity index (χ3v) is 2.23. The lowest BCUT2D eigenvalue weighted by atomic mass is 10.0. The molecule has 1 aromatic rings. The van der Waals surface area contributed by atoms with E-state index in [1.807, 2.05) is 0 Å². The van der Waals surface area contributed by atoms with Crippen LogP contribution in [-0.4, -0.2) is 12.9 Å². The predicted molar refractivity (Wildman–Crippen MR) is 53.0 cm³/mol. The zero-order valence-electron chi connectivity index (χ0n) is 8.18. The van der Waals surface area contributed by atoms with E-state index in [-0.39, 0.29) is 21.9 Å². The average molecular weight is 235 g/mol. The molecule has 0 saturated carbocycles. The Morgan fingerprint density at radius 1 is 1.47 bits per heavy atom. The third-order valence-electron chi connectivity index (χ3n) is 1.94. The van der Waals surface area contributed by atoms with Gasteiger partial charge in [0.25, 0.3) is 6.43 Å². The van der Waals surface area contributed by atoms with E-state index in [2.05, 4.69) is 0 Å². The topological polar surface area (TPSA) is 26.3 Å². The first-order valence-corrected chi connectivity index (χ1v) is 4.51. The molecule has 0 aromatic heterocycles. The van der Waals surface area contributed by atoms with Gasteiger partial charge in [-0.25, -0.2) is 8.78 Å². The second-order valence-corrected chi connectivity index (χ2v) is 3.34. The first kappa shape index (κ1) is 11.9. The van der Waals surface area contributed by atoms with Crippen molar-refractivity contribution in [2.45, 2.75) is 13.3 Å². The average Bonchev–Trinajstić information content (AvgIpc) is 2.16. The summed E-state index contributed by atoms with van der Waals surface area (Å²) in [7, 11) is 1.32. The van der Waals surface area contributed by atoms with Crippen LogP contribution in [0.4, 0.5) is 8.78 Å². The summed E-state index contributed by atoms with van der Waals surface area (Å²) in [6.07, 6.45) is -2.73. The molecule has 0 aliphatic carbocycles. The second-order valence-electron chi connectivity index (χ2n) is 2.93. The fraction of sp³-hybridized carbons (Fsp3) is 0.300. The van der Waals surface area contributed by atoms with Crippen molar-refractivity contribution in [3.05, 3.63) is 28.3 Å². The SMILES string of the molecule is COc1cc(C(F)F)c(C(C)=O)cc1Cl. The summed E-state index contributed by atoms with van der Waals surface area (Å²) in [6, 6.07) is 2.29. The van der Waals surface area contributed by atoms with E-state index >= 15 is 0 Å². The summed E-state index contributed by atoms with van der Waals surface area (Å²) >= 11 is 5.73. The molecule has 5 heteroatoms. The number of benzene rings is 1. The normalized spacial score (nSPS) is 10.5. The third kappa shape index (κ3) is 2.45. The summed E-state index contributed by atoms with van der Waals surface area (Å²) in [5.41, 5.74) is -0.431. The van der Waals surface area contributed by atoms with Crippen LogP contribution in [0.15, 0.2) is 12.1 Å². The van der Waals surface area contributed by atoms with Gasteiger partial charge >= 0.3 is 0 Å².